The standard InChI is InChI=1S/C25H22FN5O.ClH/c1-15-20(14-27)24(19-10-9-18(32)13-21(19)26)28-25-22(15)23(29-30-25)16-5-7-17(8-6-16)31-11-3-2-4-12-31;/h5-10,13,32H,2-4,11-12H2,1H3,(H,28,29,30);1H. The highest BCUT2D eigenvalue weighted by molar-refractivity contribution is 5.97. The summed E-state index contributed by atoms with van der Waals surface area (Å²) >= 11 is 0. The summed E-state index contributed by atoms with van der Waals surface area (Å²) in [7, 11) is 0. The van der Waals surface area contributed by atoms with Crippen LogP contribution in [0.1, 0.15) is 30.4 Å². The molecule has 168 valence electrons. The molecule has 0 radical (unpaired) electrons. The van der Waals surface area contributed by atoms with Crippen LogP contribution in [0.25, 0.3) is 33.5 Å². The largest absolute Gasteiger partial charge is 0.508 e. The first-order valence-corrected chi connectivity index (χ1v) is 10.7. The lowest BCUT2D eigenvalue weighted by atomic mass is 9.97. The predicted molar refractivity (Wildman–Crippen MR) is 129 cm³/mol. The van der Waals surface area contributed by atoms with Crippen LogP contribution in [-0.2, 0) is 0 Å². The van der Waals surface area contributed by atoms with Crippen LogP contribution in [0.5, 0.6) is 5.75 Å². The number of aromatic hydroxyl groups is 1. The normalized spacial score (nSPS) is 13.5. The zero-order chi connectivity index (χ0) is 22.2. The summed E-state index contributed by atoms with van der Waals surface area (Å²) in [5.74, 6) is -0.825. The molecule has 4 aromatic rings. The van der Waals surface area contributed by atoms with Crippen molar-refractivity contribution in [2.75, 3.05) is 18.0 Å². The maximum absolute atomic E-state index is 14.5. The molecule has 3 heterocycles. The minimum Gasteiger partial charge on any atom is -0.508 e. The molecule has 2 aromatic carbocycles. The third kappa shape index (κ3) is 3.98. The van der Waals surface area contributed by atoms with Gasteiger partial charge in [-0.3, -0.25) is 5.10 Å². The number of anilines is 1. The molecule has 33 heavy (non-hydrogen) atoms. The predicted octanol–water partition coefficient (Wildman–Crippen LogP) is 5.73. The Bertz CT molecular complexity index is 1350. The first-order valence-electron chi connectivity index (χ1n) is 10.7. The molecule has 2 N–H and O–H groups in total. The van der Waals surface area contributed by atoms with Gasteiger partial charge in [-0.05, 0) is 56.0 Å². The van der Waals surface area contributed by atoms with Gasteiger partial charge in [-0.2, -0.15) is 10.4 Å². The Morgan fingerprint density at radius 2 is 1.82 bits per heavy atom. The SMILES string of the molecule is Cc1c(C#N)c(-c2ccc(O)cc2F)nc2n[nH]c(-c3ccc(N4CCCCC4)cc3)c12.Cl. The van der Waals surface area contributed by atoms with Crippen molar-refractivity contribution in [3.8, 4) is 34.3 Å². The summed E-state index contributed by atoms with van der Waals surface area (Å²) in [5.41, 5.74) is 4.69. The molecular weight excluding hydrogens is 441 g/mol. The number of aromatic amines is 1. The van der Waals surface area contributed by atoms with Gasteiger partial charge < -0.3 is 10.0 Å². The molecule has 0 bridgehead atoms. The monoisotopic (exact) mass is 463 g/mol. The van der Waals surface area contributed by atoms with E-state index in [2.05, 4.69) is 50.4 Å². The van der Waals surface area contributed by atoms with Crippen LogP contribution < -0.4 is 4.90 Å². The molecule has 2 aromatic heterocycles. The number of aryl methyl sites for hydroxylation is 1. The topological polar surface area (TPSA) is 88.8 Å². The Morgan fingerprint density at radius 3 is 2.48 bits per heavy atom. The van der Waals surface area contributed by atoms with Gasteiger partial charge in [-0.15, -0.1) is 12.4 Å². The number of benzene rings is 2. The number of phenolic OH excluding ortho intramolecular Hbond substituents is 1. The Morgan fingerprint density at radius 1 is 1.09 bits per heavy atom. The summed E-state index contributed by atoms with van der Waals surface area (Å²) < 4.78 is 14.5. The number of pyridine rings is 1. The molecule has 6 nitrogen and oxygen atoms in total. The highest BCUT2D eigenvalue weighted by atomic mass is 35.5. The molecule has 0 atom stereocenters. The fraction of sp³-hybridized carbons (Fsp3) is 0.240. The fourth-order valence-electron chi connectivity index (χ4n) is 4.46. The van der Waals surface area contributed by atoms with E-state index in [9.17, 15) is 14.8 Å². The van der Waals surface area contributed by atoms with Crippen LogP contribution in [0.4, 0.5) is 10.1 Å². The molecule has 0 saturated carbocycles. The summed E-state index contributed by atoms with van der Waals surface area (Å²) in [5, 5.41) is 27.5. The number of hydrogen-bond donors (Lipinski definition) is 2. The van der Waals surface area contributed by atoms with Crippen molar-refractivity contribution in [2.24, 2.45) is 0 Å². The van der Waals surface area contributed by atoms with Crippen LogP contribution in [0.15, 0.2) is 42.5 Å². The minimum atomic E-state index is -0.642. The zero-order valence-electron chi connectivity index (χ0n) is 18.1. The van der Waals surface area contributed by atoms with Crippen molar-refractivity contribution in [1.29, 1.82) is 5.26 Å². The molecular formula is C25H23ClFN5O. The van der Waals surface area contributed by atoms with Crippen LogP contribution in [0, 0.1) is 24.1 Å². The van der Waals surface area contributed by atoms with E-state index in [0.29, 0.717) is 11.2 Å². The van der Waals surface area contributed by atoms with Gasteiger partial charge in [0.15, 0.2) is 5.65 Å². The van der Waals surface area contributed by atoms with E-state index < -0.39 is 5.82 Å². The summed E-state index contributed by atoms with van der Waals surface area (Å²) in [4.78, 5) is 6.91. The van der Waals surface area contributed by atoms with Gasteiger partial charge in [0.05, 0.1) is 22.3 Å². The van der Waals surface area contributed by atoms with Crippen molar-refractivity contribution >= 4 is 29.1 Å². The van der Waals surface area contributed by atoms with Crippen molar-refractivity contribution in [1.82, 2.24) is 15.2 Å². The molecule has 5 rings (SSSR count). The first kappa shape index (κ1) is 22.6. The minimum absolute atomic E-state index is 0. The van der Waals surface area contributed by atoms with Gasteiger partial charge in [-0.1, -0.05) is 12.1 Å². The molecule has 1 saturated heterocycles. The van der Waals surface area contributed by atoms with E-state index in [4.69, 9.17) is 0 Å². The van der Waals surface area contributed by atoms with E-state index in [1.54, 1.807) is 0 Å². The lowest BCUT2D eigenvalue weighted by molar-refractivity contribution is 0.469. The average Bonchev–Trinajstić information content (AvgIpc) is 3.24. The lowest BCUT2D eigenvalue weighted by Gasteiger charge is -2.28. The molecule has 0 aliphatic carbocycles. The maximum atomic E-state index is 14.5. The number of hydrogen-bond acceptors (Lipinski definition) is 5. The lowest BCUT2D eigenvalue weighted by Crippen LogP contribution is -2.29. The van der Waals surface area contributed by atoms with Crippen molar-refractivity contribution in [3.63, 3.8) is 0 Å². The van der Waals surface area contributed by atoms with Crippen LogP contribution in [-0.4, -0.2) is 33.4 Å². The summed E-state index contributed by atoms with van der Waals surface area (Å²) in [6, 6.07) is 14.3. The summed E-state index contributed by atoms with van der Waals surface area (Å²) in [6.45, 7) is 3.99. The molecule has 0 spiro atoms. The Kier molecular flexibility index (Phi) is 6.21. The number of halogens is 2. The Hall–Kier alpha value is -3.63. The first-order chi connectivity index (χ1) is 15.6. The van der Waals surface area contributed by atoms with Crippen molar-refractivity contribution in [2.45, 2.75) is 26.2 Å². The quantitative estimate of drug-likeness (QED) is 0.405. The second-order valence-electron chi connectivity index (χ2n) is 8.13. The number of nitriles is 1. The van der Waals surface area contributed by atoms with E-state index >= 15 is 0 Å². The number of fused-ring (bicyclic) bond motifs is 1. The number of aromatic nitrogens is 3. The molecule has 1 aliphatic rings. The zero-order valence-corrected chi connectivity index (χ0v) is 18.9. The molecule has 1 aliphatic heterocycles. The van der Waals surface area contributed by atoms with Gasteiger partial charge >= 0.3 is 0 Å². The third-order valence-corrected chi connectivity index (χ3v) is 6.15. The highest BCUT2D eigenvalue weighted by Gasteiger charge is 2.21. The van der Waals surface area contributed by atoms with E-state index in [0.717, 1.165) is 35.8 Å². The van der Waals surface area contributed by atoms with Gasteiger partial charge in [0.2, 0.25) is 0 Å². The van der Waals surface area contributed by atoms with E-state index in [1.165, 1.54) is 37.1 Å². The number of phenols is 1. The molecule has 0 amide bonds. The second-order valence-corrected chi connectivity index (χ2v) is 8.13. The number of rotatable bonds is 3. The number of piperidine rings is 1. The average molecular weight is 464 g/mol. The smallest absolute Gasteiger partial charge is 0.182 e. The van der Waals surface area contributed by atoms with Gasteiger partial charge in [-0.25, -0.2) is 9.37 Å². The number of nitrogens with one attached hydrogen (secondary N) is 1. The second kappa shape index (κ2) is 9.08. The Labute approximate surface area is 197 Å². The van der Waals surface area contributed by atoms with Gasteiger partial charge in [0, 0.05) is 36.0 Å². The van der Waals surface area contributed by atoms with E-state index in [1.807, 2.05) is 6.92 Å². The number of nitrogens with zero attached hydrogens (tertiary/aromatic N) is 4. The highest BCUT2D eigenvalue weighted by Crippen LogP contribution is 2.36. The van der Waals surface area contributed by atoms with Crippen LogP contribution >= 0.6 is 12.4 Å². The molecule has 1 fully saturated rings. The van der Waals surface area contributed by atoms with Crippen molar-refractivity contribution < 1.29 is 9.50 Å². The van der Waals surface area contributed by atoms with Crippen LogP contribution in [0.2, 0.25) is 0 Å². The summed E-state index contributed by atoms with van der Waals surface area (Å²) in [6.07, 6.45) is 3.73. The molecule has 0 unspecified atom stereocenters. The molecule has 8 heteroatoms. The van der Waals surface area contributed by atoms with E-state index in [-0.39, 0.29) is 35.0 Å². The number of H-pyrrole nitrogens is 1. The van der Waals surface area contributed by atoms with Crippen molar-refractivity contribution in [3.05, 3.63) is 59.4 Å². The third-order valence-electron chi connectivity index (χ3n) is 6.15. The fourth-order valence-corrected chi connectivity index (χ4v) is 4.46. The van der Waals surface area contributed by atoms with Crippen LogP contribution in [0.3, 0.4) is 0 Å². The maximum Gasteiger partial charge on any atom is 0.182 e. The Balaban J connectivity index is 0.00000259. The van der Waals surface area contributed by atoms with Gasteiger partial charge in [0.1, 0.15) is 17.6 Å². The van der Waals surface area contributed by atoms with Gasteiger partial charge in [0.25, 0.3) is 0 Å².